The second kappa shape index (κ2) is 6.19. The molecule has 2 rings (SSSR count). The number of amides is 1. The largest absolute Gasteiger partial charge is 0.336 e. The van der Waals surface area contributed by atoms with Crippen LogP contribution in [0.25, 0.3) is 0 Å². The number of hydrogen-bond donors (Lipinski definition) is 0. The van der Waals surface area contributed by atoms with Gasteiger partial charge in [0.2, 0.25) is 0 Å². The molecule has 1 saturated carbocycles. The fraction of sp³-hybridized carbons (Fsp3) is 0.571. The highest BCUT2D eigenvalue weighted by atomic mass is 35.5. The molecule has 1 fully saturated rings. The highest BCUT2D eigenvalue weighted by Crippen LogP contribution is 2.25. The first-order chi connectivity index (χ1) is 8.74. The van der Waals surface area contributed by atoms with Crippen molar-refractivity contribution >= 4 is 17.5 Å². The van der Waals surface area contributed by atoms with Crippen molar-refractivity contribution < 1.29 is 4.79 Å². The summed E-state index contributed by atoms with van der Waals surface area (Å²) >= 11 is 6.00. The number of carbonyl (C=O) groups is 1. The molecule has 0 atom stereocenters. The topological polar surface area (TPSA) is 33.2 Å². The van der Waals surface area contributed by atoms with Gasteiger partial charge >= 0.3 is 0 Å². The van der Waals surface area contributed by atoms with Crippen LogP contribution in [-0.4, -0.2) is 28.4 Å². The zero-order valence-corrected chi connectivity index (χ0v) is 11.5. The first kappa shape index (κ1) is 13.3. The Balaban J connectivity index is 2.17. The van der Waals surface area contributed by atoms with E-state index in [4.69, 9.17) is 11.6 Å². The van der Waals surface area contributed by atoms with E-state index in [1.165, 1.54) is 19.3 Å². The fourth-order valence-electron chi connectivity index (χ4n) is 2.66. The van der Waals surface area contributed by atoms with Gasteiger partial charge in [0.1, 0.15) is 5.15 Å². The van der Waals surface area contributed by atoms with Crippen LogP contribution in [0.15, 0.2) is 18.3 Å². The molecule has 0 aromatic carbocycles. The van der Waals surface area contributed by atoms with E-state index in [0.29, 0.717) is 16.8 Å². The highest BCUT2D eigenvalue weighted by Gasteiger charge is 2.26. The third-order valence-corrected chi connectivity index (χ3v) is 3.91. The summed E-state index contributed by atoms with van der Waals surface area (Å²) in [6.45, 7) is 2.76. The van der Waals surface area contributed by atoms with Gasteiger partial charge in [-0.1, -0.05) is 30.9 Å². The molecule has 3 nitrogen and oxygen atoms in total. The Morgan fingerprint density at radius 3 is 2.78 bits per heavy atom. The van der Waals surface area contributed by atoms with Crippen LogP contribution in [0.2, 0.25) is 5.15 Å². The van der Waals surface area contributed by atoms with Crippen molar-refractivity contribution in [3.63, 3.8) is 0 Å². The van der Waals surface area contributed by atoms with Gasteiger partial charge in [0, 0.05) is 18.8 Å². The molecule has 0 unspecified atom stereocenters. The van der Waals surface area contributed by atoms with Gasteiger partial charge in [0.15, 0.2) is 0 Å². The Morgan fingerprint density at radius 1 is 1.44 bits per heavy atom. The van der Waals surface area contributed by atoms with Crippen LogP contribution in [0, 0.1) is 0 Å². The molecular weight excluding hydrogens is 248 g/mol. The van der Waals surface area contributed by atoms with Crippen molar-refractivity contribution in [3.05, 3.63) is 29.0 Å². The number of carbonyl (C=O) groups excluding carboxylic acids is 1. The molecule has 1 aromatic heterocycles. The van der Waals surface area contributed by atoms with Crippen LogP contribution < -0.4 is 0 Å². The summed E-state index contributed by atoms with van der Waals surface area (Å²) in [6.07, 6.45) is 7.55. The second-order valence-electron chi connectivity index (χ2n) is 4.72. The molecule has 1 aliphatic carbocycles. The minimum absolute atomic E-state index is 0.0162. The van der Waals surface area contributed by atoms with Gasteiger partial charge < -0.3 is 4.90 Å². The average molecular weight is 267 g/mol. The van der Waals surface area contributed by atoms with Crippen LogP contribution in [0.4, 0.5) is 0 Å². The molecule has 98 valence electrons. The molecule has 0 aliphatic heterocycles. The first-order valence-corrected chi connectivity index (χ1v) is 7.03. The molecule has 0 radical (unpaired) electrons. The van der Waals surface area contributed by atoms with Crippen LogP contribution in [-0.2, 0) is 0 Å². The summed E-state index contributed by atoms with van der Waals surface area (Å²) in [7, 11) is 0. The number of pyridine rings is 1. The maximum Gasteiger partial charge on any atom is 0.257 e. The molecule has 0 saturated heterocycles. The zero-order valence-electron chi connectivity index (χ0n) is 10.7. The Labute approximate surface area is 113 Å². The van der Waals surface area contributed by atoms with Crippen molar-refractivity contribution in [1.29, 1.82) is 0 Å². The summed E-state index contributed by atoms with van der Waals surface area (Å²) in [4.78, 5) is 18.4. The second-order valence-corrected chi connectivity index (χ2v) is 5.08. The minimum atomic E-state index is 0.0162. The van der Waals surface area contributed by atoms with Crippen molar-refractivity contribution in [2.24, 2.45) is 0 Å². The molecule has 4 heteroatoms. The van der Waals surface area contributed by atoms with Crippen LogP contribution in [0.1, 0.15) is 49.4 Å². The first-order valence-electron chi connectivity index (χ1n) is 6.65. The third kappa shape index (κ3) is 2.83. The lowest BCUT2D eigenvalue weighted by molar-refractivity contribution is 0.0647. The van der Waals surface area contributed by atoms with Crippen molar-refractivity contribution in [2.45, 2.75) is 45.1 Å². The van der Waals surface area contributed by atoms with E-state index in [9.17, 15) is 4.79 Å². The molecule has 0 spiro atoms. The minimum Gasteiger partial charge on any atom is -0.336 e. The highest BCUT2D eigenvalue weighted by molar-refractivity contribution is 6.32. The van der Waals surface area contributed by atoms with E-state index in [0.717, 1.165) is 19.4 Å². The van der Waals surface area contributed by atoms with Gasteiger partial charge in [-0.15, -0.1) is 0 Å². The summed E-state index contributed by atoms with van der Waals surface area (Å²) in [5.41, 5.74) is 0.520. The lowest BCUT2D eigenvalue weighted by Crippen LogP contribution is -2.41. The molecule has 1 aromatic rings. The quantitative estimate of drug-likeness (QED) is 0.784. The molecule has 1 amide bonds. The smallest absolute Gasteiger partial charge is 0.257 e. The third-order valence-electron chi connectivity index (χ3n) is 3.61. The molecule has 1 heterocycles. The van der Waals surface area contributed by atoms with Crippen LogP contribution in [0.5, 0.6) is 0 Å². The maximum atomic E-state index is 12.5. The normalized spacial score (nSPS) is 16.6. The SMILES string of the molecule is CCN(C(=O)c1cccnc1Cl)C1CCCCC1. The lowest BCUT2D eigenvalue weighted by atomic mass is 9.94. The Kier molecular flexibility index (Phi) is 4.59. The van der Waals surface area contributed by atoms with Crippen LogP contribution >= 0.6 is 11.6 Å². The molecule has 0 bridgehead atoms. The summed E-state index contributed by atoms with van der Waals surface area (Å²) in [6, 6.07) is 3.88. The van der Waals surface area contributed by atoms with Gasteiger partial charge in [-0.05, 0) is 31.9 Å². The number of halogens is 1. The summed E-state index contributed by atoms with van der Waals surface area (Å²) in [5.74, 6) is 0.0162. The van der Waals surface area contributed by atoms with Crippen molar-refractivity contribution in [1.82, 2.24) is 9.88 Å². The van der Waals surface area contributed by atoms with Crippen molar-refractivity contribution in [3.8, 4) is 0 Å². The number of aromatic nitrogens is 1. The van der Waals surface area contributed by atoms with E-state index in [1.54, 1.807) is 18.3 Å². The van der Waals surface area contributed by atoms with E-state index < -0.39 is 0 Å². The Bertz CT molecular complexity index is 416. The molecule has 0 N–H and O–H groups in total. The predicted molar refractivity (Wildman–Crippen MR) is 72.8 cm³/mol. The molecular formula is C14H19ClN2O. The lowest BCUT2D eigenvalue weighted by Gasteiger charge is -2.33. The molecule has 18 heavy (non-hydrogen) atoms. The monoisotopic (exact) mass is 266 g/mol. The fourth-order valence-corrected chi connectivity index (χ4v) is 2.86. The van der Waals surface area contributed by atoms with Crippen LogP contribution in [0.3, 0.4) is 0 Å². The standard InChI is InChI=1S/C14H19ClN2O/c1-2-17(11-7-4-3-5-8-11)14(18)12-9-6-10-16-13(12)15/h6,9-11H,2-5,7-8H2,1H3. The van der Waals surface area contributed by atoms with E-state index in [-0.39, 0.29) is 5.91 Å². The maximum absolute atomic E-state index is 12.5. The Hall–Kier alpha value is -1.09. The van der Waals surface area contributed by atoms with Gasteiger partial charge in [-0.2, -0.15) is 0 Å². The van der Waals surface area contributed by atoms with Gasteiger partial charge in [0.05, 0.1) is 5.56 Å². The molecule has 1 aliphatic rings. The van der Waals surface area contributed by atoms with Crippen molar-refractivity contribution in [2.75, 3.05) is 6.54 Å². The van der Waals surface area contributed by atoms with E-state index in [2.05, 4.69) is 4.98 Å². The Morgan fingerprint density at radius 2 is 2.17 bits per heavy atom. The van der Waals surface area contributed by atoms with Gasteiger partial charge in [0.25, 0.3) is 5.91 Å². The predicted octanol–water partition coefficient (Wildman–Crippen LogP) is 3.53. The number of nitrogens with zero attached hydrogens (tertiary/aromatic N) is 2. The number of rotatable bonds is 3. The van der Waals surface area contributed by atoms with E-state index in [1.807, 2.05) is 11.8 Å². The zero-order chi connectivity index (χ0) is 13.0. The van der Waals surface area contributed by atoms with Gasteiger partial charge in [-0.25, -0.2) is 4.98 Å². The van der Waals surface area contributed by atoms with E-state index >= 15 is 0 Å². The summed E-state index contributed by atoms with van der Waals surface area (Å²) in [5, 5.41) is 0.303. The number of hydrogen-bond acceptors (Lipinski definition) is 2. The summed E-state index contributed by atoms with van der Waals surface area (Å²) < 4.78 is 0. The average Bonchev–Trinajstić information content (AvgIpc) is 2.41. The van der Waals surface area contributed by atoms with Gasteiger partial charge in [-0.3, -0.25) is 4.79 Å².